The lowest BCUT2D eigenvalue weighted by molar-refractivity contribution is -0.117. The van der Waals surface area contributed by atoms with Gasteiger partial charge in [-0.15, -0.1) is 0 Å². The van der Waals surface area contributed by atoms with E-state index in [1.807, 2.05) is 37.3 Å². The molecule has 1 aliphatic rings. The van der Waals surface area contributed by atoms with Crippen LogP contribution in [0.15, 0.2) is 48.5 Å². The Hall–Kier alpha value is -2.09. The van der Waals surface area contributed by atoms with Crippen LogP contribution in [0.3, 0.4) is 0 Å². The van der Waals surface area contributed by atoms with Gasteiger partial charge in [0.1, 0.15) is 0 Å². The van der Waals surface area contributed by atoms with Gasteiger partial charge in [-0.2, -0.15) is 0 Å². The normalized spacial score (nSPS) is 20.5. The fourth-order valence-electron chi connectivity index (χ4n) is 2.73. The molecule has 1 amide bonds. The minimum Gasteiger partial charge on any atom is -0.326 e. The third-order valence-electron chi connectivity index (χ3n) is 3.99. The Balaban J connectivity index is 1.67. The van der Waals surface area contributed by atoms with Crippen molar-refractivity contribution in [3.05, 3.63) is 65.2 Å². The minimum absolute atomic E-state index is 0.123. The van der Waals surface area contributed by atoms with Crippen molar-refractivity contribution < 1.29 is 4.79 Å². The summed E-state index contributed by atoms with van der Waals surface area (Å²) in [6.45, 7) is 4.09. The molecule has 0 radical (unpaired) electrons. The number of hydrogen-bond acceptors (Lipinski definition) is 1. The zero-order valence-corrected chi connectivity index (χ0v) is 11.9. The van der Waals surface area contributed by atoms with Crippen LogP contribution in [0.2, 0.25) is 0 Å². The van der Waals surface area contributed by atoms with Gasteiger partial charge in [-0.1, -0.05) is 48.0 Å². The van der Waals surface area contributed by atoms with Crippen molar-refractivity contribution in [3.8, 4) is 0 Å². The molecule has 0 bridgehead atoms. The van der Waals surface area contributed by atoms with E-state index < -0.39 is 0 Å². The molecule has 2 aromatic rings. The average Bonchev–Trinajstić information content (AvgIpc) is 3.23. The van der Waals surface area contributed by atoms with Gasteiger partial charge < -0.3 is 5.32 Å². The molecule has 1 saturated carbocycles. The molecular weight excluding hydrogens is 246 g/mol. The number of aryl methyl sites for hydroxylation is 2. The molecule has 0 aromatic heterocycles. The highest BCUT2D eigenvalue weighted by atomic mass is 16.2. The van der Waals surface area contributed by atoms with Gasteiger partial charge in [0.2, 0.25) is 5.91 Å². The first kappa shape index (κ1) is 12.9. The predicted molar refractivity (Wildman–Crippen MR) is 81.8 cm³/mol. The van der Waals surface area contributed by atoms with Crippen LogP contribution in [-0.4, -0.2) is 5.91 Å². The molecule has 0 saturated heterocycles. The fourth-order valence-corrected chi connectivity index (χ4v) is 2.73. The van der Waals surface area contributed by atoms with Crippen LogP contribution in [-0.2, 0) is 4.79 Å². The highest BCUT2D eigenvalue weighted by Crippen LogP contribution is 2.47. The molecule has 0 heterocycles. The second kappa shape index (κ2) is 5.12. The van der Waals surface area contributed by atoms with E-state index in [0.717, 1.165) is 17.7 Å². The van der Waals surface area contributed by atoms with Crippen molar-refractivity contribution >= 4 is 11.6 Å². The zero-order chi connectivity index (χ0) is 14.1. The number of nitrogens with one attached hydrogen (secondary N) is 1. The lowest BCUT2D eigenvalue weighted by Gasteiger charge is -2.09. The van der Waals surface area contributed by atoms with E-state index in [-0.39, 0.29) is 11.8 Å². The second-order valence-corrected chi connectivity index (χ2v) is 5.67. The van der Waals surface area contributed by atoms with Crippen LogP contribution in [0, 0.1) is 19.8 Å². The molecular formula is C18H19NO. The number of rotatable bonds is 3. The van der Waals surface area contributed by atoms with Crippen LogP contribution in [0.25, 0.3) is 0 Å². The monoisotopic (exact) mass is 265 g/mol. The summed E-state index contributed by atoms with van der Waals surface area (Å²) in [5.41, 5.74) is 4.54. The highest BCUT2D eigenvalue weighted by molar-refractivity contribution is 5.95. The summed E-state index contributed by atoms with van der Waals surface area (Å²) < 4.78 is 0. The Kier molecular flexibility index (Phi) is 3.31. The molecule has 1 fully saturated rings. The van der Waals surface area contributed by atoms with E-state index in [0.29, 0.717) is 5.92 Å². The van der Waals surface area contributed by atoms with Gasteiger partial charge in [0.15, 0.2) is 0 Å². The van der Waals surface area contributed by atoms with E-state index in [1.54, 1.807) is 0 Å². The van der Waals surface area contributed by atoms with Crippen molar-refractivity contribution in [1.29, 1.82) is 0 Å². The summed E-state index contributed by atoms with van der Waals surface area (Å²) in [5, 5.41) is 3.06. The molecule has 3 rings (SSSR count). The summed E-state index contributed by atoms with van der Waals surface area (Å²) in [6.07, 6.45) is 0.959. The third kappa shape index (κ3) is 2.60. The van der Waals surface area contributed by atoms with Gasteiger partial charge >= 0.3 is 0 Å². The summed E-state index contributed by atoms with van der Waals surface area (Å²) in [6, 6.07) is 16.4. The number of benzene rings is 2. The van der Waals surface area contributed by atoms with Gasteiger partial charge in [-0.05, 0) is 43.4 Å². The number of anilines is 1. The van der Waals surface area contributed by atoms with Gasteiger partial charge in [-0.3, -0.25) is 4.79 Å². The number of hydrogen-bond donors (Lipinski definition) is 1. The maximum Gasteiger partial charge on any atom is 0.228 e. The van der Waals surface area contributed by atoms with E-state index in [1.165, 1.54) is 11.1 Å². The number of amides is 1. The summed E-state index contributed by atoms with van der Waals surface area (Å²) in [5.74, 6) is 0.658. The Morgan fingerprint density at radius 3 is 2.55 bits per heavy atom. The molecule has 0 unspecified atom stereocenters. The smallest absolute Gasteiger partial charge is 0.228 e. The maximum absolute atomic E-state index is 12.3. The minimum atomic E-state index is 0.123. The first-order chi connectivity index (χ1) is 9.65. The molecule has 0 aliphatic heterocycles. The van der Waals surface area contributed by atoms with Crippen LogP contribution < -0.4 is 5.32 Å². The molecule has 102 valence electrons. The Morgan fingerprint density at radius 2 is 1.85 bits per heavy atom. The first-order valence-corrected chi connectivity index (χ1v) is 7.08. The number of carbonyl (C=O) groups is 1. The SMILES string of the molecule is Cc1ccc(NC(=O)[C@@H]2C[C@@H]2c2ccccc2)c(C)c1. The van der Waals surface area contributed by atoms with Gasteiger partial charge in [0, 0.05) is 11.6 Å². The standard InChI is InChI=1S/C18H19NO/c1-12-8-9-17(13(2)10-12)19-18(20)16-11-15(16)14-6-4-3-5-7-14/h3-10,15-16H,11H2,1-2H3,(H,19,20)/t15-,16-/m1/s1. The van der Waals surface area contributed by atoms with Crippen molar-refractivity contribution in [2.45, 2.75) is 26.2 Å². The zero-order valence-electron chi connectivity index (χ0n) is 11.9. The van der Waals surface area contributed by atoms with Crippen molar-refractivity contribution in [3.63, 3.8) is 0 Å². The molecule has 2 atom stereocenters. The summed E-state index contributed by atoms with van der Waals surface area (Å²) >= 11 is 0. The lowest BCUT2D eigenvalue weighted by Crippen LogP contribution is -2.15. The van der Waals surface area contributed by atoms with Gasteiger partial charge in [0.05, 0.1) is 0 Å². The highest BCUT2D eigenvalue weighted by Gasteiger charge is 2.43. The molecule has 20 heavy (non-hydrogen) atoms. The van der Waals surface area contributed by atoms with Gasteiger partial charge in [0.25, 0.3) is 0 Å². The Bertz CT molecular complexity index is 633. The first-order valence-electron chi connectivity index (χ1n) is 7.08. The van der Waals surface area contributed by atoms with Crippen molar-refractivity contribution in [2.75, 3.05) is 5.32 Å². The lowest BCUT2D eigenvalue weighted by atomic mass is 10.1. The number of carbonyl (C=O) groups excluding carboxylic acids is 1. The fraction of sp³-hybridized carbons (Fsp3) is 0.278. The molecule has 2 aromatic carbocycles. The van der Waals surface area contributed by atoms with Crippen LogP contribution >= 0.6 is 0 Å². The molecule has 0 spiro atoms. The summed E-state index contributed by atoms with van der Waals surface area (Å²) in [4.78, 5) is 12.3. The van der Waals surface area contributed by atoms with Crippen molar-refractivity contribution in [2.24, 2.45) is 5.92 Å². The van der Waals surface area contributed by atoms with E-state index >= 15 is 0 Å². The maximum atomic E-state index is 12.3. The van der Waals surface area contributed by atoms with Crippen LogP contribution in [0.5, 0.6) is 0 Å². The average molecular weight is 265 g/mol. The molecule has 2 heteroatoms. The second-order valence-electron chi connectivity index (χ2n) is 5.67. The van der Waals surface area contributed by atoms with Gasteiger partial charge in [-0.25, -0.2) is 0 Å². The van der Waals surface area contributed by atoms with Crippen molar-refractivity contribution in [1.82, 2.24) is 0 Å². The third-order valence-corrected chi connectivity index (χ3v) is 3.99. The molecule has 1 N–H and O–H groups in total. The van der Waals surface area contributed by atoms with E-state index in [9.17, 15) is 4.79 Å². The topological polar surface area (TPSA) is 29.1 Å². The Morgan fingerprint density at radius 1 is 1.10 bits per heavy atom. The quantitative estimate of drug-likeness (QED) is 0.891. The van der Waals surface area contributed by atoms with Crippen LogP contribution in [0.1, 0.15) is 29.0 Å². The Labute approximate surface area is 119 Å². The summed E-state index contributed by atoms with van der Waals surface area (Å²) in [7, 11) is 0. The van der Waals surface area contributed by atoms with E-state index in [2.05, 4.69) is 30.4 Å². The molecule has 2 nitrogen and oxygen atoms in total. The van der Waals surface area contributed by atoms with E-state index in [4.69, 9.17) is 0 Å². The predicted octanol–water partition coefficient (Wildman–Crippen LogP) is 4.05. The largest absolute Gasteiger partial charge is 0.326 e. The molecule has 1 aliphatic carbocycles. The van der Waals surface area contributed by atoms with Crippen LogP contribution in [0.4, 0.5) is 5.69 Å².